The lowest BCUT2D eigenvalue weighted by atomic mass is 9.94. The summed E-state index contributed by atoms with van der Waals surface area (Å²) in [6, 6.07) is 0. The zero-order chi connectivity index (χ0) is 16.0. The quantitative estimate of drug-likeness (QED) is 0.612. The molecule has 2 amide bonds. The molecule has 0 aromatic heterocycles. The number of nitrogens with one attached hydrogen (secondary N) is 2. The zero-order valence-electron chi connectivity index (χ0n) is 13.0. The predicted molar refractivity (Wildman–Crippen MR) is 76.1 cm³/mol. The van der Waals surface area contributed by atoms with E-state index in [9.17, 15) is 14.4 Å². The van der Waals surface area contributed by atoms with Crippen molar-refractivity contribution < 1.29 is 19.5 Å². The van der Waals surface area contributed by atoms with Crippen LogP contribution in [0.5, 0.6) is 0 Å². The van der Waals surface area contributed by atoms with Crippen molar-refractivity contribution >= 4 is 17.8 Å². The lowest BCUT2D eigenvalue weighted by Crippen LogP contribution is -2.39. The van der Waals surface area contributed by atoms with Crippen molar-refractivity contribution in [2.24, 2.45) is 10.8 Å². The minimum absolute atomic E-state index is 0.0510. The van der Waals surface area contributed by atoms with Gasteiger partial charge in [-0.25, -0.2) is 0 Å². The van der Waals surface area contributed by atoms with Gasteiger partial charge in [-0.15, -0.1) is 0 Å². The first-order valence-electron chi connectivity index (χ1n) is 6.75. The van der Waals surface area contributed by atoms with Crippen molar-refractivity contribution in [1.29, 1.82) is 0 Å². The van der Waals surface area contributed by atoms with E-state index in [-0.39, 0.29) is 24.8 Å². The lowest BCUT2D eigenvalue weighted by molar-refractivity contribution is -0.146. The third-order valence-corrected chi connectivity index (χ3v) is 2.85. The van der Waals surface area contributed by atoms with E-state index < -0.39 is 16.8 Å². The Morgan fingerprint density at radius 3 is 2.00 bits per heavy atom. The highest BCUT2D eigenvalue weighted by molar-refractivity contribution is 5.81. The van der Waals surface area contributed by atoms with Crippen molar-refractivity contribution in [1.82, 2.24) is 10.6 Å². The van der Waals surface area contributed by atoms with Crippen LogP contribution in [0, 0.1) is 10.8 Å². The second-order valence-corrected chi connectivity index (χ2v) is 6.58. The molecule has 6 nitrogen and oxygen atoms in total. The third-order valence-electron chi connectivity index (χ3n) is 2.85. The molecule has 116 valence electrons. The topological polar surface area (TPSA) is 95.5 Å². The summed E-state index contributed by atoms with van der Waals surface area (Å²) in [5, 5.41) is 14.3. The van der Waals surface area contributed by atoms with Crippen LogP contribution < -0.4 is 10.6 Å². The Bertz CT molecular complexity index is 370. The highest BCUT2D eigenvalue weighted by atomic mass is 16.4. The number of carboxylic acids is 1. The first kappa shape index (κ1) is 18.4. The van der Waals surface area contributed by atoms with Gasteiger partial charge in [0.25, 0.3) is 0 Å². The van der Waals surface area contributed by atoms with Crippen LogP contribution in [0.15, 0.2) is 0 Å². The van der Waals surface area contributed by atoms with Crippen LogP contribution >= 0.6 is 0 Å². The van der Waals surface area contributed by atoms with Crippen molar-refractivity contribution in [3.05, 3.63) is 0 Å². The molecule has 0 aromatic carbocycles. The standard InChI is InChI=1S/C14H26N2O4/c1-13(2,3)11(18)15-8-6-7-10(17)16-9-14(4,5)12(19)20/h6-9H2,1-5H3,(H,15,18)(H,16,17)(H,19,20). The van der Waals surface area contributed by atoms with E-state index in [0.717, 1.165) is 0 Å². The van der Waals surface area contributed by atoms with Gasteiger partial charge in [-0.2, -0.15) is 0 Å². The zero-order valence-corrected chi connectivity index (χ0v) is 13.0. The minimum Gasteiger partial charge on any atom is -0.481 e. The summed E-state index contributed by atoms with van der Waals surface area (Å²) < 4.78 is 0. The molecule has 20 heavy (non-hydrogen) atoms. The van der Waals surface area contributed by atoms with E-state index >= 15 is 0 Å². The van der Waals surface area contributed by atoms with E-state index in [4.69, 9.17) is 5.11 Å². The van der Waals surface area contributed by atoms with Gasteiger partial charge < -0.3 is 15.7 Å². The summed E-state index contributed by atoms with van der Waals surface area (Å²) in [6.45, 7) is 9.11. The van der Waals surface area contributed by atoms with Gasteiger partial charge in [0.1, 0.15) is 0 Å². The summed E-state index contributed by atoms with van der Waals surface area (Å²) in [6.07, 6.45) is 0.793. The first-order valence-corrected chi connectivity index (χ1v) is 6.75. The van der Waals surface area contributed by atoms with Gasteiger partial charge in [0.15, 0.2) is 0 Å². The number of carbonyl (C=O) groups is 3. The molecule has 0 fully saturated rings. The average Bonchev–Trinajstić information content (AvgIpc) is 2.30. The second kappa shape index (κ2) is 7.26. The molecule has 0 saturated heterocycles. The number of carbonyl (C=O) groups excluding carboxylic acids is 2. The van der Waals surface area contributed by atoms with Crippen molar-refractivity contribution in [3.8, 4) is 0 Å². The maximum atomic E-state index is 11.6. The maximum Gasteiger partial charge on any atom is 0.310 e. The largest absolute Gasteiger partial charge is 0.481 e. The molecule has 0 aliphatic rings. The average molecular weight is 286 g/mol. The Kier molecular flexibility index (Phi) is 6.68. The molecule has 0 aliphatic heterocycles. The van der Waals surface area contributed by atoms with Gasteiger partial charge in [-0.05, 0) is 20.3 Å². The molecule has 0 radical (unpaired) electrons. The van der Waals surface area contributed by atoms with Crippen LogP contribution in [0.3, 0.4) is 0 Å². The molecule has 0 atom stereocenters. The summed E-state index contributed by atoms with van der Waals surface area (Å²) >= 11 is 0. The monoisotopic (exact) mass is 286 g/mol. The molecule has 0 aromatic rings. The fraction of sp³-hybridized carbons (Fsp3) is 0.786. The number of rotatable bonds is 7. The highest BCUT2D eigenvalue weighted by Crippen LogP contribution is 2.13. The van der Waals surface area contributed by atoms with Gasteiger partial charge in [0.05, 0.1) is 5.41 Å². The molecule has 0 saturated carbocycles. The summed E-state index contributed by atoms with van der Waals surface area (Å²) in [7, 11) is 0. The van der Waals surface area contributed by atoms with Crippen LogP contribution in [0.25, 0.3) is 0 Å². The SMILES string of the molecule is CC(C)(C)C(=O)NCCCC(=O)NCC(C)(C)C(=O)O. The lowest BCUT2D eigenvalue weighted by Gasteiger charge is -2.19. The van der Waals surface area contributed by atoms with Crippen molar-refractivity contribution in [3.63, 3.8) is 0 Å². The number of aliphatic carboxylic acids is 1. The summed E-state index contributed by atoms with van der Waals surface area (Å²) in [4.78, 5) is 34.0. The Morgan fingerprint density at radius 2 is 1.55 bits per heavy atom. The second-order valence-electron chi connectivity index (χ2n) is 6.58. The van der Waals surface area contributed by atoms with E-state index in [1.807, 2.05) is 20.8 Å². The van der Waals surface area contributed by atoms with Crippen molar-refractivity contribution in [2.45, 2.75) is 47.5 Å². The Labute approximate surface area is 120 Å². The van der Waals surface area contributed by atoms with Gasteiger partial charge >= 0.3 is 5.97 Å². The summed E-state index contributed by atoms with van der Waals surface area (Å²) in [5.41, 5.74) is -1.41. The van der Waals surface area contributed by atoms with Crippen LogP contribution in [0.1, 0.15) is 47.5 Å². The molecule has 6 heteroatoms. The molecular weight excluding hydrogens is 260 g/mol. The van der Waals surface area contributed by atoms with Crippen LogP contribution in [-0.2, 0) is 14.4 Å². The van der Waals surface area contributed by atoms with Gasteiger partial charge in [-0.1, -0.05) is 20.8 Å². The Balaban J connectivity index is 3.86. The molecule has 0 spiro atoms. The third kappa shape index (κ3) is 7.11. The van der Waals surface area contributed by atoms with Crippen LogP contribution in [0.4, 0.5) is 0 Å². The number of hydrogen-bond donors (Lipinski definition) is 3. The molecule has 3 N–H and O–H groups in total. The highest BCUT2D eigenvalue weighted by Gasteiger charge is 2.27. The Morgan fingerprint density at radius 1 is 1.00 bits per heavy atom. The number of carboxylic acid groups (broad SMARTS) is 1. The first-order chi connectivity index (χ1) is 8.97. The van der Waals surface area contributed by atoms with Gasteiger partial charge in [0.2, 0.25) is 11.8 Å². The molecule has 0 rings (SSSR count). The molecular formula is C14H26N2O4. The van der Waals surface area contributed by atoms with E-state index in [1.165, 1.54) is 0 Å². The van der Waals surface area contributed by atoms with Crippen molar-refractivity contribution in [2.75, 3.05) is 13.1 Å². The number of amides is 2. The smallest absolute Gasteiger partial charge is 0.310 e. The van der Waals surface area contributed by atoms with Gasteiger partial charge in [0, 0.05) is 24.9 Å². The normalized spacial score (nSPS) is 11.8. The van der Waals surface area contributed by atoms with Crippen LogP contribution in [0.2, 0.25) is 0 Å². The molecule has 0 bridgehead atoms. The minimum atomic E-state index is -0.976. The Hall–Kier alpha value is -1.59. The maximum absolute atomic E-state index is 11.6. The summed E-state index contributed by atoms with van der Waals surface area (Å²) in [5.74, 6) is -1.20. The van der Waals surface area contributed by atoms with E-state index in [2.05, 4.69) is 10.6 Å². The fourth-order valence-corrected chi connectivity index (χ4v) is 1.20. The van der Waals surface area contributed by atoms with Crippen LogP contribution in [-0.4, -0.2) is 36.0 Å². The molecule has 0 heterocycles. The predicted octanol–water partition coefficient (Wildman–Crippen LogP) is 1.16. The van der Waals surface area contributed by atoms with Gasteiger partial charge in [-0.3, -0.25) is 14.4 Å². The van der Waals surface area contributed by atoms with E-state index in [0.29, 0.717) is 13.0 Å². The van der Waals surface area contributed by atoms with E-state index in [1.54, 1.807) is 13.8 Å². The fourth-order valence-electron chi connectivity index (χ4n) is 1.20. The molecule has 0 aliphatic carbocycles. The molecule has 0 unspecified atom stereocenters. The number of hydrogen-bond acceptors (Lipinski definition) is 3.